The molecule has 0 aliphatic carbocycles. The molecule has 4 nitrogen and oxygen atoms in total. The highest BCUT2D eigenvalue weighted by Gasteiger charge is 2.11. The standard InChI is InChI=1S/C16H18BrNO3/c1-20-14-7-11(8-15(21-2)16(14)19)9-18-10-12-5-3-4-6-13(12)17/h3-8,18-19H,9-10H2,1-2H3. The number of phenolic OH excluding ortho intramolecular Hbond substituents is 1. The molecule has 2 N–H and O–H groups in total. The third kappa shape index (κ3) is 3.89. The number of rotatable bonds is 6. The van der Waals surface area contributed by atoms with E-state index in [2.05, 4.69) is 27.3 Å². The van der Waals surface area contributed by atoms with Crippen molar-refractivity contribution >= 4 is 15.9 Å². The van der Waals surface area contributed by atoms with E-state index in [9.17, 15) is 5.11 Å². The molecule has 0 spiro atoms. The van der Waals surface area contributed by atoms with Gasteiger partial charge in [0.1, 0.15) is 0 Å². The summed E-state index contributed by atoms with van der Waals surface area (Å²) < 4.78 is 11.4. The second-order valence-electron chi connectivity index (χ2n) is 4.54. The molecule has 0 saturated heterocycles. The topological polar surface area (TPSA) is 50.7 Å². The van der Waals surface area contributed by atoms with Crippen molar-refractivity contribution in [3.05, 3.63) is 52.0 Å². The Kier molecular flexibility index (Phi) is 5.47. The summed E-state index contributed by atoms with van der Waals surface area (Å²) >= 11 is 3.52. The Morgan fingerprint density at radius 1 is 1.05 bits per heavy atom. The van der Waals surface area contributed by atoms with Crippen LogP contribution in [0, 0.1) is 0 Å². The predicted molar refractivity (Wildman–Crippen MR) is 85.9 cm³/mol. The molecule has 112 valence electrons. The third-order valence-electron chi connectivity index (χ3n) is 3.14. The van der Waals surface area contributed by atoms with Crippen LogP contribution < -0.4 is 14.8 Å². The minimum absolute atomic E-state index is 0.0227. The lowest BCUT2D eigenvalue weighted by molar-refractivity contribution is 0.339. The molecule has 21 heavy (non-hydrogen) atoms. The molecule has 0 amide bonds. The van der Waals surface area contributed by atoms with Gasteiger partial charge in [-0.2, -0.15) is 0 Å². The van der Waals surface area contributed by atoms with Gasteiger partial charge in [0, 0.05) is 17.6 Å². The van der Waals surface area contributed by atoms with E-state index in [1.165, 1.54) is 19.8 Å². The fraction of sp³-hybridized carbons (Fsp3) is 0.250. The Balaban J connectivity index is 2.05. The average Bonchev–Trinajstić information content (AvgIpc) is 2.50. The van der Waals surface area contributed by atoms with E-state index in [1.54, 1.807) is 12.1 Å². The molecule has 0 heterocycles. The van der Waals surface area contributed by atoms with Crippen LogP contribution >= 0.6 is 15.9 Å². The Bertz CT molecular complexity index is 591. The number of nitrogens with one attached hydrogen (secondary N) is 1. The summed E-state index contributed by atoms with van der Waals surface area (Å²) in [4.78, 5) is 0. The molecule has 2 rings (SSSR count). The first kappa shape index (κ1) is 15.7. The van der Waals surface area contributed by atoms with Crippen LogP contribution in [0.5, 0.6) is 17.2 Å². The van der Waals surface area contributed by atoms with E-state index in [4.69, 9.17) is 9.47 Å². The molecule has 0 aromatic heterocycles. The molecular weight excluding hydrogens is 334 g/mol. The van der Waals surface area contributed by atoms with Crippen LogP contribution in [0.25, 0.3) is 0 Å². The summed E-state index contributed by atoms with van der Waals surface area (Å²) in [5, 5.41) is 13.2. The van der Waals surface area contributed by atoms with Crippen LogP contribution in [0.4, 0.5) is 0 Å². The van der Waals surface area contributed by atoms with Gasteiger partial charge >= 0.3 is 0 Å². The number of hydrogen-bond donors (Lipinski definition) is 2. The first-order chi connectivity index (χ1) is 10.2. The van der Waals surface area contributed by atoms with Gasteiger partial charge in [0.2, 0.25) is 5.75 Å². The van der Waals surface area contributed by atoms with E-state index in [-0.39, 0.29) is 5.75 Å². The molecule has 2 aromatic carbocycles. The smallest absolute Gasteiger partial charge is 0.200 e. The highest BCUT2D eigenvalue weighted by Crippen LogP contribution is 2.37. The molecule has 0 radical (unpaired) electrons. The molecule has 2 aromatic rings. The SMILES string of the molecule is COc1cc(CNCc2ccccc2Br)cc(OC)c1O. The molecule has 0 fully saturated rings. The van der Waals surface area contributed by atoms with Crippen LogP contribution in [0.2, 0.25) is 0 Å². The third-order valence-corrected chi connectivity index (χ3v) is 3.92. The number of phenols is 1. The van der Waals surface area contributed by atoms with Gasteiger partial charge in [-0.15, -0.1) is 0 Å². The highest BCUT2D eigenvalue weighted by atomic mass is 79.9. The Hall–Kier alpha value is -1.72. The van der Waals surface area contributed by atoms with Crippen molar-refractivity contribution < 1.29 is 14.6 Å². The second-order valence-corrected chi connectivity index (χ2v) is 5.40. The van der Waals surface area contributed by atoms with Gasteiger partial charge in [0.05, 0.1) is 14.2 Å². The monoisotopic (exact) mass is 351 g/mol. The first-order valence-electron chi connectivity index (χ1n) is 6.53. The molecule has 0 saturated carbocycles. The number of halogens is 1. The predicted octanol–water partition coefficient (Wildman–Crippen LogP) is 3.46. The summed E-state index contributed by atoms with van der Waals surface area (Å²) in [6.45, 7) is 1.39. The van der Waals surface area contributed by atoms with Crippen molar-refractivity contribution in [2.75, 3.05) is 14.2 Å². The normalized spacial score (nSPS) is 10.4. The number of hydrogen-bond acceptors (Lipinski definition) is 4. The lowest BCUT2D eigenvalue weighted by Crippen LogP contribution is -2.13. The fourth-order valence-electron chi connectivity index (χ4n) is 2.03. The van der Waals surface area contributed by atoms with Crippen LogP contribution in [0.3, 0.4) is 0 Å². The highest BCUT2D eigenvalue weighted by molar-refractivity contribution is 9.10. The minimum atomic E-state index is 0.0227. The zero-order chi connectivity index (χ0) is 15.2. The van der Waals surface area contributed by atoms with Crippen molar-refractivity contribution in [2.24, 2.45) is 0 Å². The Morgan fingerprint density at radius 2 is 1.67 bits per heavy atom. The van der Waals surface area contributed by atoms with Gasteiger partial charge in [-0.05, 0) is 29.3 Å². The summed E-state index contributed by atoms with van der Waals surface area (Å²) in [5.74, 6) is 0.841. The van der Waals surface area contributed by atoms with E-state index >= 15 is 0 Å². The maximum Gasteiger partial charge on any atom is 0.200 e. The van der Waals surface area contributed by atoms with Gasteiger partial charge in [0.25, 0.3) is 0 Å². The van der Waals surface area contributed by atoms with Crippen molar-refractivity contribution in [3.8, 4) is 17.2 Å². The van der Waals surface area contributed by atoms with Crippen LogP contribution in [-0.2, 0) is 13.1 Å². The number of benzene rings is 2. The van der Waals surface area contributed by atoms with Crippen molar-refractivity contribution in [1.29, 1.82) is 0 Å². The average molecular weight is 352 g/mol. The molecular formula is C16H18BrNO3. The lowest BCUT2D eigenvalue weighted by Gasteiger charge is -2.12. The fourth-order valence-corrected chi connectivity index (χ4v) is 2.46. The number of methoxy groups -OCH3 is 2. The van der Waals surface area contributed by atoms with E-state index < -0.39 is 0 Å². The summed E-state index contributed by atoms with van der Waals surface area (Å²) in [7, 11) is 3.04. The molecule has 0 atom stereocenters. The molecule has 0 bridgehead atoms. The van der Waals surface area contributed by atoms with Crippen LogP contribution in [0.1, 0.15) is 11.1 Å². The number of ether oxygens (including phenoxy) is 2. The maximum absolute atomic E-state index is 9.88. The van der Waals surface area contributed by atoms with Gasteiger partial charge in [-0.1, -0.05) is 34.1 Å². The summed E-state index contributed by atoms with van der Waals surface area (Å²) in [6.07, 6.45) is 0. The first-order valence-corrected chi connectivity index (χ1v) is 7.33. The zero-order valence-electron chi connectivity index (χ0n) is 12.0. The van der Waals surface area contributed by atoms with Crippen molar-refractivity contribution in [1.82, 2.24) is 5.32 Å². The second kappa shape index (κ2) is 7.33. The van der Waals surface area contributed by atoms with Crippen LogP contribution in [0.15, 0.2) is 40.9 Å². The molecule has 5 heteroatoms. The van der Waals surface area contributed by atoms with Gasteiger partial charge in [-0.3, -0.25) is 0 Å². The van der Waals surface area contributed by atoms with Crippen molar-refractivity contribution in [3.63, 3.8) is 0 Å². The van der Waals surface area contributed by atoms with Gasteiger partial charge in [0.15, 0.2) is 11.5 Å². The zero-order valence-corrected chi connectivity index (χ0v) is 13.6. The van der Waals surface area contributed by atoms with Crippen molar-refractivity contribution in [2.45, 2.75) is 13.1 Å². The van der Waals surface area contributed by atoms with E-state index in [1.807, 2.05) is 18.2 Å². The maximum atomic E-state index is 9.88. The van der Waals surface area contributed by atoms with Gasteiger partial charge < -0.3 is 19.9 Å². The lowest BCUT2D eigenvalue weighted by atomic mass is 10.1. The number of aromatic hydroxyl groups is 1. The Labute approximate surface area is 132 Å². The summed E-state index contributed by atoms with van der Waals surface area (Å²) in [6, 6.07) is 11.7. The largest absolute Gasteiger partial charge is 0.502 e. The quantitative estimate of drug-likeness (QED) is 0.836. The van der Waals surface area contributed by atoms with Gasteiger partial charge in [-0.25, -0.2) is 0 Å². The van der Waals surface area contributed by atoms with Crippen LogP contribution in [-0.4, -0.2) is 19.3 Å². The summed E-state index contributed by atoms with van der Waals surface area (Å²) in [5.41, 5.74) is 2.17. The van der Waals surface area contributed by atoms with E-state index in [0.717, 1.165) is 16.6 Å². The molecule has 0 unspecified atom stereocenters. The molecule has 0 aliphatic rings. The Morgan fingerprint density at radius 3 is 2.24 bits per heavy atom. The molecule has 0 aliphatic heterocycles. The van der Waals surface area contributed by atoms with E-state index in [0.29, 0.717) is 18.0 Å². The minimum Gasteiger partial charge on any atom is -0.502 e.